The number of hydrogen-bond donors (Lipinski definition) is 2. The molecular weight excluding hydrogens is 324 g/mol. The molecule has 3 N–H and O–H groups in total. The third-order valence-electron chi connectivity index (χ3n) is 3.19. The van der Waals surface area contributed by atoms with Gasteiger partial charge in [0, 0.05) is 9.50 Å². The standard InChI is InChI=1S/C15H16BrClN2/c1-10-8-12(17)6-7-13(10)15(19-18)9-11-4-2-3-5-14(11)16/h2-8,15,19H,9,18H2,1H3. The molecule has 0 aliphatic heterocycles. The van der Waals surface area contributed by atoms with Gasteiger partial charge in [-0.1, -0.05) is 51.8 Å². The molecule has 2 aromatic rings. The Morgan fingerprint density at radius 3 is 2.63 bits per heavy atom. The quantitative estimate of drug-likeness (QED) is 0.648. The van der Waals surface area contributed by atoms with E-state index in [1.54, 1.807) is 0 Å². The second-order valence-electron chi connectivity index (χ2n) is 4.52. The van der Waals surface area contributed by atoms with Gasteiger partial charge in [0.15, 0.2) is 0 Å². The second-order valence-corrected chi connectivity index (χ2v) is 5.81. The van der Waals surface area contributed by atoms with Crippen molar-refractivity contribution in [2.45, 2.75) is 19.4 Å². The van der Waals surface area contributed by atoms with Crippen molar-refractivity contribution in [1.29, 1.82) is 0 Å². The van der Waals surface area contributed by atoms with E-state index in [1.807, 2.05) is 43.3 Å². The highest BCUT2D eigenvalue weighted by Gasteiger charge is 2.14. The molecule has 2 aromatic carbocycles. The molecule has 4 heteroatoms. The summed E-state index contributed by atoms with van der Waals surface area (Å²) in [6.45, 7) is 2.05. The zero-order chi connectivity index (χ0) is 13.8. The van der Waals surface area contributed by atoms with E-state index < -0.39 is 0 Å². The molecule has 1 unspecified atom stereocenters. The fraction of sp³-hybridized carbons (Fsp3) is 0.200. The largest absolute Gasteiger partial charge is 0.271 e. The zero-order valence-electron chi connectivity index (χ0n) is 10.7. The van der Waals surface area contributed by atoms with Gasteiger partial charge in [0.2, 0.25) is 0 Å². The van der Waals surface area contributed by atoms with Gasteiger partial charge in [-0.05, 0) is 48.2 Å². The van der Waals surface area contributed by atoms with Crippen molar-refractivity contribution in [2.24, 2.45) is 5.84 Å². The molecule has 0 fully saturated rings. The topological polar surface area (TPSA) is 38.0 Å². The van der Waals surface area contributed by atoms with E-state index in [0.29, 0.717) is 0 Å². The molecule has 0 radical (unpaired) electrons. The molecule has 0 saturated heterocycles. The van der Waals surface area contributed by atoms with Crippen LogP contribution in [-0.4, -0.2) is 0 Å². The number of halogens is 2. The van der Waals surface area contributed by atoms with Gasteiger partial charge in [0.05, 0.1) is 6.04 Å². The van der Waals surface area contributed by atoms with Crippen molar-refractivity contribution >= 4 is 27.5 Å². The number of nitrogens with two attached hydrogens (primary N) is 1. The Morgan fingerprint density at radius 1 is 1.26 bits per heavy atom. The van der Waals surface area contributed by atoms with Crippen molar-refractivity contribution in [3.63, 3.8) is 0 Å². The molecule has 0 aromatic heterocycles. The van der Waals surface area contributed by atoms with Crippen molar-refractivity contribution in [3.05, 3.63) is 68.7 Å². The summed E-state index contributed by atoms with van der Waals surface area (Å²) in [6.07, 6.45) is 0.820. The molecule has 2 nitrogen and oxygen atoms in total. The molecule has 0 amide bonds. The average Bonchev–Trinajstić information content (AvgIpc) is 2.39. The van der Waals surface area contributed by atoms with Crippen LogP contribution in [0.4, 0.5) is 0 Å². The monoisotopic (exact) mass is 338 g/mol. The Hall–Kier alpha value is -0.870. The van der Waals surface area contributed by atoms with Crippen molar-refractivity contribution in [3.8, 4) is 0 Å². The molecule has 0 aliphatic rings. The summed E-state index contributed by atoms with van der Waals surface area (Å²) in [7, 11) is 0. The van der Waals surface area contributed by atoms with E-state index >= 15 is 0 Å². The predicted molar refractivity (Wildman–Crippen MR) is 84.1 cm³/mol. The van der Waals surface area contributed by atoms with Crippen LogP contribution in [0, 0.1) is 6.92 Å². The molecule has 19 heavy (non-hydrogen) atoms. The van der Waals surface area contributed by atoms with E-state index in [0.717, 1.165) is 21.5 Å². The highest BCUT2D eigenvalue weighted by molar-refractivity contribution is 9.10. The highest BCUT2D eigenvalue weighted by Crippen LogP contribution is 2.26. The lowest BCUT2D eigenvalue weighted by atomic mass is 9.96. The molecule has 1 atom stereocenters. The van der Waals surface area contributed by atoms with Crippen molar-refractivity contribution in [1.82, 2.24) is 5.43 Å². The first-order valence-electron chi connectivity index (χ1n) is 6.07. The zero-order valence-corrected chi connectivity index (χ0v) is 13.0. The maximum atomic E-state index is 5.99. The van der Waals surface area contributed by atoms with Crippen LogP contribution in [0.15, 0.2) is 46.9 Å². The lowest BCUT2D eigenvalue weighted by molar-refractivity contribution is 0.548. The van der Waals surface area contributed by atoms with Crippen LogP contribution in [-0.2, 0) is 6.42 Å². The number of rotatable bonds is 4. The van der Waals surface area contributed by atoms with E-state index in [9.17, 15) is 0 Å². The van der Waals surface area contributed by atoms with Crippen molar-refractivity contribution in [2.75, 3.05) is 0 Å². The summed E-state index contributed by atoms with van der Waals surface area (Å²) < 4.78 is 1.10. The summed E-state index contributed by atoms with van der Waals surface area (Å²) in [5, 5.41) is 0.748. The smallest absolute Gasteiger partial charge is 0.0503 e. The second kappa shape index (κ2) is 6.53. The van der Waals surface area contributed by atoms with Gasteiger partial charge < -0.3 is 0 Å². The van der Waals surface area contributed by atoms with Gasteiger partial charge in [0.1, 0.15) is 0 Å². The van der Waals surface area contributed by atoms with Gasteiger partial charge in [-0.25, -0.2) is 0 Å². The lowest BCUT2D eigenvalue weighted by Crippen LogP contribution is -2.30. The molecule has 0 aliphatic carbocycles. The maximum Gasteiger partial charge on any atom is 0.0503 e. The Kier molecular flexibility index (Phi) is 4.99. The molecule has 0 spiro atoms. The fourth-order valence-corrected chi connectivity index (χ4v) is 2.85. The first kappa shape index (κ1) is 14.5. The molecular formula is C15H16BrClN2. The van der Waals surface area contributed by atoms with Gasteiger partial charge in [-0.3, -0.25) is 11.3 Å². The van der Waals surface area contributed by atoms with E-state index in [-0.39, 0.29) is 6.04 Å². The molecule has 0 saturated carbocycles. The minimum Gasteiger partial charge on any atom is -0.271 e. The summed E-state index contributed by atoms with van der Waals surface area (Å²) in [6, 6.07) is 14.1. The van der Waals surface area contributed by atoms with Gasteiger partial charge in [-0.15, -0.1) is 0 Å². The predicted octanol–water partition coefficient (Wildman–Crippen LogP) is 4.16. The van der Waals surface area contributed by atoms with Crippen LogP contribution in [0.2, 0.25) is 5.02 Å². The van der Waals surface area contributed by atoms with Gasteiger partial charge in [-0.2, -0.15) is 0 Å². The first-order chi connectivity index (χ1) is 9.11. The summed E-state index contributed by atoms with van der Waals surface area (Å²) in [4.78, 5) is 0. The van der Waals surface area contributed by atoms with Crippen LogP contribution >= 0.6 is 27.5 Å². The minimum absolute atomic E-state index is 0.0657. The van der Waals surface area contributed by atoms with Crippen LogP contribution in [0.3, 0.4) is 0 Å². The third kappa shape index (κ3) is 3.57. The number of benzene rings is 2. The van der Waals surface area contributed by atoms with E-state index in [2.05, 4.69) is 27.4 Å². The minimum atomic E-state index is 0.0657. The first-order valence-corrected chi connectivity index (χ1v) is 7.24. The Labute approximate surface area is 127 Å². The Bertz CT molecular complexity index is 572. The molecule has 100 valence electrons. The summed E-state index contributed by atoms with van der Waals surface area (Å²) >= 11 is 9.56. The molecule has 0 bridgehead atoms. The number of hydrazine groups is 1. The van der Waals surface area contributed by atoms with Crippen LogP contribution in [0.1, 0.15) is 22.7 Å². The van der Waals surface area contributed by atoms with E-state index in [4.69, 9.17) is 17.4 Å². The SMILES string of the molecule is Cc1cc(Cl)ccc1C(Cc1ccccc1Br)NN. The number of hydrogen-bond acceptors (Lipinski definition) is 2. The Morgan fingerprint density at radius 2 is 2.00 bits per heavy atom. The fourth-order valence-electron chi connectivity index (χ4n) is 2.17. The van der Waals surface area contributed by atoms with Gasteiger partial charge >= 0.3 is 0 Å². The van der Waals surface area contributed by atoms with Crippen LogP contribution in [0.5, 0.6) is 0 Å². The van der Waals surface area contributed by atoms with Gasteiger partial charge in [0.25, 0.3) is 0 Å². The van der Waals surface area contributed by atoms with Crippen LogP contribution in [0.25, 0.3) is 0 Å². The van der Waals surface area contributed by atoms with Crippen molar-refractivity contribution < 1.29 is 0 Å². The normalized spacial score (nSPS) is 12.4. The summed E-state index contributed by atoms with van der Waals surface area (Å²) in [5.74, 6) is 5.71. The molecule has 2 rings (SSSR count). The summed E-state index contributed by atoms with van der Waals surface area (Å²) in [5.41, 5.74) is 6.42. The average molecular weight is 340 g/mol. The molecule has 0 heterocycles. The van der Waals surface area contributed by atoms with Crippen LogP contribution < -0.4 is 11.3 Å². The third-order valence-corrected chi connectivity index (χ3v) is 4.20. The highest BCUT2D eigenvalue weighted by atomic mass is 79.9. The number of nitrogens with one attached hydrogen (secondary N) is 1. The van der Waals surface area contributed by atoms with E-state index in [1.165, 1.54) is 11.1 Å². The lowest BCUT2D eigenvalue weighted by Gasteiger charge is -2.19. The maximum absolute atomic E-state index is 5.99. The number of aryl methyl sites for hydroxylation is 1. The Balaban J connectivity index is 2.28.